The zero-order chi connectivity index (χ0) is 14.9. The van der Waals surface area contributed by atoms with Gasteiger partial charge in [-0.25, -0.2) is 0 Å². The van der Waals surface area contributed by atoms with Crippen molar-refractivity contribution in [2.24, 2.45) is 7.05 Å². The summed E-state index contributed by atoms with van der Waals surface area (Å²) in [5.41, 5.74) is 9.13. The topological polar surface area (TPSA) is 82.2 Å². The molecule has 0 radical (unpaired) electrons. The van der Waals surface area contributed by atoms with Crippen molar-refractivity contribution in [3.63, 3.8) is 0 Å². The first-order valence-corrected chi connectivity index (χ1v) is 6.19. The highest BCUT2D eigenvalue weighted by atomic mass is 16.5. The number of nitrogens with two attached hydrogens (primary N) is 1. The number of nitrogens with zero attached hydrogens (tertiary/aromatic N) is 2. The standard InChI is InChI=1S/C14H18N4O2/c1-8-13(9(2)18(3)17-8)16-14(19)10-5-6-11(15)12(7-10)20-4/h5-7H,15H2,1-4H3,(H,16,19). The first-order chi connectivity index (χ1) is 9.43. The van der Waals surface area contributed by atoms with Crippen molar-refractivity contribution in [1.82, 2.24) is 9.78 Å². The number of rotatable bonds is 3. The number of carbonyl (C=O) groups excluding carboxylic acids is 1. The van der Waals surface area contributed by atoms with E-state index in [0.29, 0.717) is 17.0 Å². The van der Waals surface area contributed by atoms with Crippen molar-refractivity contribution in [2.45, 2.75) is 13.8 Å². The number of hydrogen-bond donors (Lipinski definition) is 2. The summed E-state index contributed by atoms with van der Waals surface area (Å²) in [4.78, 5) is 12.3. The summed E-state index contributed by atoms with van der Waals surface area (Å²) in [6, 6.07) is 4.93. The number of nitrogen functional groups attached to an aromatic ring is 1. The van der Waals surface area contributed by atoms with Crippen LogP contribution in [0.2, 0.25) is 0 Å². The Morgan fingerprint density at radius 1 is 1.40 bits per heavy atom. The lowest BCUT2D eigenvalue weighted by Gasteiger charge is -2.09. The van der Waals surface area contributed by atoms with E-state index < -0.39 is 0 Å². The second kappa shape index (κ2) is 5.24. The minimum Gasteiger partial charge on any atom is -0.495 e. The van der Waals surface area contributed by atoms with Crippen LogP contribution < -0.4 is 15.8 Å². The Morgan fingerprint density at radius 2 is 2.10 bits per heavy atom. The first kappa shape index (κ1) is 13.9. The average molecular weight is 274 g/mol. The Kier molecular flexibility index (Phi) is 3.65. The minimum atomic E-state index is -0.220. The molecule has 2 rings (SSSR count). The lowest BCUT2D eigenvalue weighted by Crippen LogP contribution is -2.13. The summed E-state index contributed by atoms with van der Waals surface area (Å²) in [5, 5.41) is 7.13. The average Bonchev–Trinajstić information content (AvgIpc) is 2.66. The predicted octanol–water partition coefficient (Wildman–Crippen LogP) is 1.88. The van der Waals surface area contributed by atoms with Crippen molar-refractivity contribution in [3.8, 4) is 5.75 Å². The third-order valence-corrected chi connectivity index (χ3v) is 3.24. The Balaban J connectivity index is 2.28. The van der Waals surface area contributed by atoms with Gasteiger partial charge in [-0.2, -0.15) is 5.10 Å². The van der Waals surface area contributed by atoms with Gasteiger partial charge < -0.3 is 15.8 Å². The fourth-order valence-corrected chi connectivity index (χ4v) is 1.99. The van der Waals surface area contributed by atoms with E-state index in [-0.39, 0.29) is 5.91 Å². The molecule has 6 nitrogen and oxygen atoms in total. The van der Waals surface area contributed by atoms with Crippen molar-refractivity contribution < 1.29 is 9.53 Å². The van der Waals surface area contributed by atoms with Crippen LogP contribution in [-0.2, 0) is 7.05 Å². The normalized spacial score (nSPS) is 10.4. The zero-order valence-corrected chi connectivity index (χ0v) is 12.0. The number of anilines is 2. The number of methoxy groups -OCH3 is 1. The van der Waals surface area contributed by atoms with Gasteiger partial charge in [-0.1, -0.05) is 0 Å². The van der Waals surface area contributed by atoms with E-state index >= 15 is 0 Å². The number of aromatic nitrogens is 2. The highest BCUT2D eigenvalue weighted by Gasteiger charge is 2.14. The van der Waals surface area contributed by atoms with E-state index in [9.17, 15) is 4.79 Å². The van der Waals surface area contributed by atoms with Gasteiger partial charge in [0.1, 0.15) is 5.75 Å². The van der Waals surface area contributed by atoms with Crippen LogP contribution in [0, 0.1) is 13.8 Å². The van der Waals surface area contributed by atoms with Crippen LogP contribution in [0.4, 0.5) is 11.4 Å². The van der Waals surface area contributed by atoms with E-state index in [1.807, 2.05) is 20.9 Å². The summed E-state index contributed by atoms with van der Waals surface area (Å²) >= 11 is 0. The molecule has 0 fully saturated rings. The maximum atomic E-state index is 12.3. The summed E-state index contributed by atoms with van der Waals surface area (Å²) in [5.74, 6) is 0.264. The van der Waals surface area contributed by atoms with Crippen LogP contribution in [0.1, 0.15) is 21.7 Å². The van der Waals surface area contributed by atoms with Gasteiger partial charge in [-0.05, 0) is 32.0 Å². The van der Waals surface area contributed by atoms with Crippen LogP contribution in [0.25, 0.3) is 0 Å². The third-order valence-electron chi connectivity index (χ3n) is 3.24. The molecule has 0 saturated carbocycles. The molecule has 6 heteroatoms. The molecule has 0 atom stereocenters. The molecule has 0 bridgehead atoms. The Hall–Kier alpha value is -2.50. The smallest absolute Gasteiger partial charge is 0.255 e. The van der Waals surface area contributed by atoms with Gasteiger partial charge in [0.15, 0.2) is 0 Å². The number of nitrogens with one attached hydrogen (secondary N) is 1. The number of amides is 1. The van der Waals surface area contributed by atoms with Crippen LogP contribution in [0.5, 0.6) is 5.75 Å². The first-order valence-electron chi connectivity index (χ1n) is 6.19. The maximum Gasteiger partial charge on any atom is 0.255 e. The van der Waals surface area contributed by atoms with E-state index in [1.165, 1.54) is 7.11 Å². The highest BCUT2D eigenvalue weighted by Crippen LogP contribution is 2.24. The van der Waals surface area contributed by atoms with E-state index in [0.717, 1.165) is 17.1 Å². The van der Waals surface area contributed by atoms with Gasteiger partial charge in [0.25, 0.3) is 5.91 Å². The minimum absolute atomic E-state index is 0.220. The van der Waals surface area contributed by atoms with E-state index in [1.54, 1.807) is 22.9 Å². The van der Waals surface area contributed by atoms with Crippen LogP contribution in [-0.4, -0.2) is 22.8 Å². The molecule has 0 aliphatic rings. The van der Waals surface area contributed by atoms with Gasteiger partial charge >= 0.3 is 0 Å². The van der Waals surface area contributed by atoms with E-state index in [4.69, 9.17) is 10.5 Å². The molecule has 3 N–H and O–H groups in total. The zero-order valence-electron chi connectivity index (χ0n) is 12.0. The van der Waals surface area contributed by atoms with Gasteiger partial charge in [-0.15, -0.1) is 0 Å². The molecule has 0 aliphatic carbocycles. The lowest BCUT2D eigenvalue weighted by atomic mass is 10.1. The summed E-state index contributed by atoms with van der Waals surface area (Å²) < 4.78 is 6.85. The van der Waals surface area contributed by atoms with Crippen molar-refractivity contribution >= 4 is 17.3 Å². The Morgan fingerprint density at radius 3 is 2.65 bits per heavy atom. The van der Waals surface area contributed by atoms with Gasteiger partial charge in [-0.3, -0.25) is 9.48 Å². The Labute approximate surface area is 117 Å². The largest absolute Gasteiger partial charge is 0.495 e. The molecular weight excluding hydrogens is 256 g/mol. The molecule has 1 heterocycles. The summed E-state index contributed by atoms with van der Waals surface area (Å²) in [6.45, 7) is 3.76. The van der Waals surface area contributed by atoms with Crippen molar-refractivity contribution in [2.75, 3.05) is 18.2 Å². The monoisotopic (exact) mass is 274 g/mol. The predicted molar refractivity (Wildman–Crippen MR) is 78.0 cm³/mol. The number of benzene rings is 1. The molecule has 1 amide bonds. The lowest BCUT2D eigenvalue weighted by molar-refractivity contribution is 0.102. The second-order valence-electron chi connectivity index (χ2n) is 4.58. The van der Waals surface area contributed by atoms with Crippen LogP contribution >= 0.6 is 0 Å². The fourth-order valence-electron chi connectivity index (χ4n) is 1.99. The molecule has 0 unspecified atom stereocenters. The summed E-state index contributed by atoms with van der Waals surface area (Å²) in [6.07, 6.45) is 0. The number of aryl methyl sites for hydroxylation is 2. The van der Waals surface area contributed by atoms with Crippen LogP contribution in [0.3, 0.4) is 0 Å². The van der Waals surface area contributed by atoms with Gasteiger partial charge in [0.05, 0.1) is 29.9 Å². The Bertz CT molecular complexity index is 661. The van der Waals surface area contributed by atoms with Crippen molar-refractivity contribution in [3.05, 3.63) is 35.2 Å². The quantitative estimate of drug-likeness (QED) is 0.837. The highest BCUT2D eigenvalue weighted by molar-refractivity contribution is 6.05. The molecule has 0 aliphatic heterocycles. The number of hydrogen-bond acceptors (Lipinski definition) is 4. The molecule has 20 heavy (non-hydrogen) atoms. The molecule has 2 aromatic rings. The molecule has 0 spiro atoms. The van der Waals surface area contributed by atoms with E-state index in [2.05, 4.69) is 10.4 Å². The third kappa shape index (κ3) is 2.45. The molecule has 0 saturated heterocycles. The number of carbonyl (C=O) groups is 1. The molecular formula is C14H18N4O2. The van der Waals surface area contributed by atoms with Gasteiger partial charge in [0.2, 0.25) is 0 Å². The van der Waals surface area contributed by atoms with Gasteiger partial charge in [0, 0.05) is 12.6 Å². The fraction of sp³-hybridized carbons (Fsp3) is 0.286. The SMILES string of the molecule is COc1cc(C(=O)Nc2c(C)nn(C)c2C)ccc1N. The maximum absolute atomic E-state index is 12.3. The van der Waals surface area contributed by atoms with Crippen molar-refractivity contribution in [1.29, 1.82) is 0 Å². The second-order valence-corrected chi connectivity index (χ2v) is 4.58. The summed E-state index contributed by atoms with van der Waals surface area (Å²) in [7, 11) is 3.35. The molecule has 1 aromatic carbocycles. The molecule has 1 aromatic heterocycles. The number of ether oxygens (including phenoxy) is 1. The molecule has 106 valence electrons. The van der Waals surface area contributed by atoms with Crippen LogP contribution in [0.15, 0.2) is 18.2 Å².